The second-order valence-corrected chi connectivity index (χ2v) is 7.20. The fraction of sp³-hybridized carbons (Fsp3) is 0.538. The number of rotatable bonds is 6. The van der Waals surface area contributed by atoms with E-state index in [2.05, 4.69) is 0 Å². The minimum atomic E-state index is -3.44. The zero-order chi connectivity index (χ0) is 14.0. The maximum Gasteiger partial charge on any atom is 0.243 e. The number of nitrogens with two attached hydrogens (primary N) is 1. The molecular formula is C13H19ClN2O2S. The van der Waals surface area contributed by atoms with Crippen molar-refractivity contribution in [1.82, 2.24) is 4.31 Å². The Morgan fingerprint density at radius 2 is 2.11 bits per heavy atom. The summed E-state index contributed by atoms with van der Waals surface area (Å²) in [6.07, 6.45) is 2.25. The molecule has 1 aliphatic carbocycles. The Hall–Kier alpha value is -0.620. The monoisotopic (exact) mass is 302 g/mol. The number of hydrogen-bond donors (Lipinski definition) is 1. The molecule has 0 spiro atoms. The maximum absolute atomic E-state index is 12.5. The first kappa shape index (κ1) is 14.8. The van der Waals surface area contributed by atoms with E-state index in [1.54, 1.807) is 18.2 Å². The summed E-state index contributed by atoms with van der Waals surface area (Å²) in [4.78, 5) is 0.278. The predicted octanol–water partition coefficient (Wildman–Crippen LogP) is 2.22. The van der Waals surface area contributed by atoms with Gasteiger partial charge in [0.1, 0.15) is 0 Å². The van der Waals surface area contributed by atoms with Crippen LogP contribution in [0.2, 0.25) is 5.02 Å². The minimum Gasteiger partial charge on any atom is -0.326 e. The van der Waals surface area contributed by atoms with Gasteiger partial charge in [-0.05, 0) is 42.5 Å². The smallest absolute Gasteiger partial charge is 0.243 e. The summed E-state index contributed by atoms with van der Waals surface area (Å²) < 4.78 is 26.6. The van der Waals surface area contributed by atoms with Crippen LogP contribution in [-0.2, 0) is 16.6 Å². The van der Waals surface area contributed by atoms with Crippen LogP contribution in [0.25, 0.3) is 0 Å². The highest BCUT2D eigenvalue weighted by atomic mass is 35.5. The van der Waals surface area contributed by atoms with Crippen LogP contribution in [-0.4, -0.2) is 25.8 Å². The van der Waals surface area contributed by atoms with Gasteiger partial charge >= 0.3 is 0 Å². The van der Waals surface area contributed by atoms with Gasteiger partial charge in [0.15, 0.2) is 0 Å². The fourth-order valence-corrected chi connectivity index (χ4v) is 3.77. The standard InChI is InChI=1S/C13H19ClN2O2S/c1-2-16(9-10-3-4-10)19(17,18)12-5-6-13(14)11(7-12)8-15/h5-7,10H,2-4,8-9,15H2,1H3. The molecule has 1 aromatic carbocycles. The average Bonchev–Trinajstić information content (AvgIpc) is 3.20. The van der Waals surface area contributed by atoms with Crippen LogP contribution < -0.4 is 5.73 Å². The molecule has 1 saturated carbocycles. The van der Waals surface area contributed by atoms with Crippen LogP contribution in [0.3, 0.4) is 0 Å². The zero-order valence-corrected chi connectivity index (χ0v) is 12.5. The fourth-order valence-electron chi connectivity index (χ4n) is 2.00. The van der Waals surface area contributed by atoms with Crippen molar-refractivity contribution >= 4 is 21.6 Å². The van der Waals surface area contributed by atoms with Crippen molar-refractivity contribution < 1.29 is 8.42 Å². The van der Waals surface area contributed by atoms with Gasteiger partial charge in [-0.25, -0.2) is 8.42 Å². The largest absolute Gasteiger partial charge is 0.326 e. The van der Waals surface area contributed by atoms with E-state index in [9.17, 15) is 8.42 Å². The molecule has 1 aromatic rings. The predicted molar refractivity (Wildman–Crippen MR) is 76.5 cm³/mol. The third-order valence-corrected chi connectivity index (χ3v) is 5.69. The molecule has 1 fully saturated rings. The van der Waals surface area contributed by atoms with Crippen molar-refractivity contribution in [1.29, 1.82) is 0 Å². The number of nitrogens with zero attached hydrogens (tertiary/aromatic N) is 1. The van der Waals surface area contributed by atoms with Gasteiger partial charge in [0.25, 0.3) is 0 Å². The van der Waals surface area contributed by atoms with Crippen LogP contribution in [0, 0.1) is 5.92 Å². The lowest BCUT2D eigenvalue weighted by molar-refractivity contribution is 0.412. The summed E-state index contributed by atoms with van der Waals surface area (Å²) in [6, 6.07) is 4.72. The first-order valence-corrected chi connectivity index (χ1v) is 8.29. The lowest BCUT2D eigenvalue weighted by atomic mass is 10.2. The zero-order valence-electron chi connectivity index (χ0n) is 11.0. The van der Waals surface area contributed by atoms with Gasteiger partial charge in [-0.15, -0.1) is 0 Å². The normalized spacial score (nSPS) is 16.0. The van der Waals surface area contributed by atoms with Gasteiger partial charge in [-0.3, -0.25) is 0 Å². The maximum atomic E-state index is 12.5. The molecule has 0 heterocycles. The highest BCUT2D eigenvalue weighted by Crippen LogP contribution is 2.32. The van der Waals surface area contributed by atoms with E-state index < -0.39 is 10.0 Å². The highest BCUT2D eigenvalue weighted by molar-refractivity contribution is 7.89. The van der Waals surface area contributed by atoms with Crippen molar-refractivity contribution in [3.05, 3.63) is 28.8 Å². The molecule has 4 nitrogen and oxygen atoms in total. The molecule has 0 unspecified atom stereocenters. The third-order valence-electron chi connectivity index (χ3n) is 3.39. The molecule has 0 saturated heterocycles. The van der Waals surface area contributed by atoms with E-state index in [-0.39, 0.29) is 11.4 Å². The van der Waals surface area contributed by atoms with E-state index in [0.717, 1.165) is 12.8 Å². The van der Waals surface area contributed by atoms with E-state index in [1.807, 2.05) is 6.92 Å². The van der Waals surface area contributed by atoms with E-state index in [4.69, 9.17) is 17.3 Å². The molecule has 6 heteroatoms. The van der Waals surface area contributed by atoms with Crippen molar-refractivity contribution in [2.45, 2.75) is 31.2 Å². The van der Waals surface area contributed by atoms with Gasteiger partial charge in [0, 0.05) is 24.7 Å². The summed E-state index contributed by atoms with van der Waals surface area (Å²) in [5, 5.41) is 0.506. The highest BCUT2D eigenvalue weighted by Gasteiger charge is 2.30. The van der Waals surface area contributed by atoms with Crippen LogP contribution in [0.4, 0.5) is 0 Å². The topological polar surface area (TPSA) is 63.4 Å². The van der Waals surface area contributed by atoms with Crippen LogP contribution in [0.1, 0.15) is 25.3 Å². The second kappa shape index (κ2) is 5.79. The number of halogens is 1. The van der Waals surface area contributed by atoms with Gasteiger partial charge in [0.2, 0.25) is 10.0 Å². The number of hydrogen-bond acceptors (Lipinski definition) is 3. The van der Waals surface area contributed by atoms with Crippen molar-refractivity contribution in [3.8, 4) is 0 Å². The minimum absolute atomic E-state index is 0.233. The van der Waals surface area contributed by atoms with E-state index in [0.29, 0.717) is 29.6 Å². The Bertz CT molecular complexity index is 556. The molecule has 2 rings (SSSR count). The molecular weight excluding hydrogens is 284 g/mol. The Morgan fingerprint density at radius 1 is 1.42 bits per heavy atom. The Balaban J connectivity index is 2.31. The number of benzene rings is 1. The summed E-state index contributed by atoms with van der Waals surface area (Å²) in [6.45, 7) is 3.19. The van der Waals surface area contributed by atoms with Crippen LogP contribution in [0.15, 0.2) is 23.1 Å². The van der Waals surface area contributed by atoms with Gasteiger partial charge in [-0.1, -0.05) is 18.5 Å². The molecule has 1 aliphatic rings. The lowest BCUT2D eigenvalue weighted by Crippen LogP contribution is -2.32. The van der Waals surface area contributed by atoms with Gasteiger partial charge < -0.3 is 5.73 Å². The van der Waals surface area contributed by atoms with Gasteiger partial charge in [0.05, 0.1) is 4.90 Å². The summed E-state index contributed by atoms with van der Waals surface area (Å²) in [5.41, 5.74) is 6.23. The van der Waals surface area contributed by atoms with Crippen LogP contribution >= 0.6 is 11.6 Å². The van der Waals surface area contributed by atoms with Gasteiger partial charge in [-0.2, -0.15) is 4.31 Å². The molecule has 0 bridgehead atoms. The van der Waals surface area contributed by atoms with Crippen molar-refractivity contribution in [2.75, 3.05) is 13.1 Å². The number of sulfonamides is 1. The Labute approximate surface area is 119 Å². The molecule has 2 N–H and O–H groups in total. The molecule has 0 aromatic heterocycles. The third kappa shape index (κ3) is 3.28. The first-order chi connectivity index (χ1) is 8.98. The van der Waals surface area contributed by atoms with Crippen molar-refractivity contribution in [3.63, 3.8) is 0 Å². The summed E-state index contributed by atoms with van der Waals surface area (Å²) >= 11 is 5.97. The Morgan fingerprint density at radius 3 is 2.63 bits per heavy atom. The first-order valence-electron chi connectivity index (χ1n) is 6.47. The summed E-state index contributed by atoms with van der Waals surface area (Å²) in [5.74, 6) is 0.524. The lowest BCUT2D eigenvalue weighted by Gasteiger charge is -2.20. The Kier molecular flexibility index (Phi) is 4.50. The molecule has 0 amide bonds. The molecule has 0 atom stereocenters. The van der Waals surface area contributed by atoms with E-state index in [1.165, 1.54) is 4.31 Å². The molecule has 0 radical (unpaired) electrons. The second-order valence-electron chi connectivity index (χ2n) is 4.86. The molecule has 106 valence electrons. The van der Waals surface area contributed by atoms with Crippen molar-refractivity contribution in [2.24, 2.45) is 11.7 Å². The SMILES string of the molecule is CCN(CC1CC1)S(=O)(=O)c1ccc(Cl)c(CN)c1. The average molecular weight is 303 g/mol. The molecule has 0 aliphatic heterocycles. The van der Waals surface area contributed by atoms with Crippen LogP contribution in [0.5, 0.6) is 0 Å². The van der Waals surface area contributed by atoms with E-state index >= 15 is 0 Å². The quantitative estimate of drug-likeness (QED) is 0.876. The molecule has 19 heavy (non-hydrogen) atoms. The summed E-state index contributed by atoms with van der Waals surface area (Å²) in [7, 11) is -3.44.